The number of phenols is 1. The number of nitrogens with one attached hydrogen (secondary N) is 1. The van der Waals surface area contributed by atoms with Crippen LogP contribution < -0.4 is 5.32 Å². The average Bonchev–Trinajstić information content (AvgIpc) is 2.93. The van der Waals surface area contributed by atoms with Gasteiger partial charge in [0.2, 0.25) is 0 Å². The molecule has 132 valence electrons. The van der Waals surface area contributed by atoms with Gasteiger partial charge in [-0.1, -0.05) is 36.4 Å². The lowest BCUT2D eigenvalue weighted by molar-refractivity contribution is 0.0933. The van der Waals surface area contributed by atoms with Gasteiger partial charge in [-0.15, -0.1) is 0 Å². The minimum absolute atomic E-state index is 0.0481. The number of carbonyl (C=O) groups excluding carboxylic acids is 1. The molecule has 2 aromatic carbocycles. The zero-order valence-corrected chi connectivity index (χ0v) is 13.7. The van der Waals surface area contributed by atoms with E-state index in [4.69, 9.17) is 0 Å². The Morgan fingerprint density at radius 1 is 1.20 bits per heavy atom. The van der Waals surface area contributed by atoms with Crippen molar-refractivity contribution in [2.24, 2.45) is 0 Å². The molecule has 0 bridgehead atoms. The highest BCUT2D eigenvalue weighted by Crippen LogP contribution is 2.22. The Morgan fingerprint density at radius 2 is 1.96 bits per heavy atom. The third kappa shape index (κ3) is 4.15. The highest BCUT2D eigenvalue weighted by atomic mass is 19.1. The molecule has 1 saturated heterocycles. The predicted molar refractivity (Wildman–Crippen MR) is 91.7 cm³/mol. The summed E-state index contributed by atoms with van der Waals surface area (Å²) in [6, 6.07) is 13.6. The molecule has 6 heteroatoms. The van der Waals surface area contributed by atoms with Crippen LogP contribution in [-0.2, 0) is 6.54 Å². The van der Waals surface area contributed by atoms with E-state index in [0.29, 0.717) is 19.5 Å². The summed E-state index contributed by atoms with van der Waals surface area (Å²) in [4.78, 5) is 14.3. The van der Waals surface area contributed by atoms with Crippen molar-refractivity contribution in [3.8, 4) is 5.75 Å². The summed E-state index contributed by atoms with van der Waals surface area (Å²) in [7, 11) is 0. The first-order valence-corrected chi connectivity index (χ1v) is 8.26. The average molecular weight is 344 g/mol. The second kappa shape index (κ2) is 7.63. The SMILES string of the molecule is O=C(NC[C@@H]1C[C@H](O)CN1Cc1ccccc1)c1c(O)cccc1F. The first kappa shape index (κ1) is 17.4. The second-order valence-electron chi connectivity index (χ2n) is 6.30. The molecular formula is C19H21FN2O3. The number of aliphatic hydroxyl groups excluding tert-OH is 1. The first-order valence-electron chi connectivity index (χ1n) is 8.26. The quantitative estimate of drug-likeness (QED) is 0.775. The molecule has 1 aliphatic rings. The van der Waals surface area contributed by atoms with E-state index in [1.807, 2.05) is 30.3 Å². The lowest BCUT2D eigenvalue weighted by Crippen LogP contribution is -2.40. The highest BCUT2D eigenvalue weighted by Gasteiger charge is 2.31. The number of amides is 1. The van der Waals surface area contributed by atoms with Crippen LogP contribution in [0.3, 0.4) is 0 Å². The monoisotopic (exact) mass is 344 g/mol. The predicted octanol–water partition coefficient (Wildman–Crippen LogP) is 1.90. The fourth-order valence-electron chi connectivity index (χ4n) is 3.22. The van der Waals surface area contributed by atoms with Crippen molar-refractivity contribution in [1.82, 2.24) is 10.2 Å². The van der Waals surface area contributed by atoms with Gasteiger partial charge in [0.15, 0.2) is 0 Å². The van der Waals surface area contributed by atoms with Gasteiger partial charge in [-0.3, -0.25) is 9.69 Å². The number of benzene rings is 2. The molecule has 0 aromatic heterocycles. The van der Waals surface area contributed by atoms with Gasteiger partial charge in [-0.05, 0) is 24.1 Å². The van der Waals surface area contributed by atoms with Crippen LogP contribution in [0.1, 0.15) is 22.3 Å². The molecule has 2 aromatic rings. The third-order valence-electron chi connectivity index (χ3n) is 4.45. The zero-order valence-electron chi connectivity index (χ0n) is 13.7. The van der Waals surface area contributed by atoms with E-state index in [-0.39, 0.29) is 23.9 Å². The van der Waals surface area contributed by atoms with E-state index in [0.717, 1.165) is 11.6 Å². The Kier molecular flexibility index (Phi) is 5.31. The largest absolute Gasteiger partial charge is 0.507 e. The van der Waals surface area contributed by atoms with E-state index < -0.39 is 17.8 Å². The smallest absolute Gasteiger partial charge is 0.258 e. The summed E-state index contributed by atoms with van der Waals surface area (Å²) in [6.07, 6.45) is 0.0867. The van der Waals surface area contributed by atoms with Gasteiger partial charge in [-0.25, -0.2) is 4.39 Å². The number of aromatic hydroxyl groups is 1. The fourth-order valence-corrected chi connectivity index (χ4v) is 3.22. The summed E-state index contributed by atoms with van der Waals surface area (Å²) < 4.78 is 13.8. The molecule has 2 atom stereocenters. The molecule has 0 aliphatic carbocycles. The molecule has 1 amide bonds. The van der Waals surface area contributed by atoms with Crippen LogP contribution in [0.4, 0.5) is 4.39 Å². The Labute approximate surface area is 145 Å². The van der Waals surface area contributed by atoms with Crippen molar-refractivity contribution in [3.63, 3.8) is 0 Å². The van der Waals surface area contributed by atoms with E-state index in [1.54, 1.807) is 0 Å². The first-order chi connectivity index (χ1) is 12.0. The van der Waals surface area contributed by atoms with Crippen LogP contribution in [0, 0.1) is 5.82 Å². The molecule has 3 N–H and O–H groups in total. The van der Waals surface area contributed by atoms with Crippen molar-refractivity contribution >= 4 is 5.91 Å². The highest BCUT2D eigenvalue weighted by molar-refractivity contribution is 5.97. The summed E-state index contributed by atoms with van der Waals surface area (Å²) in [5.74, 6) is -1.80. The van der Waals surface area contributed by atoms with E-state index >= 15 is 0 Å². The number of halogens is 1. The number of likely N-dealkylation sites (tertiary alicyclic amines) is 1. The molecule has 25 heavy (non-hydrogen) atoms. The second-order valence-corrected chi connectivity index (χ2v) is 6.30. The van der Waals surface area contributed by atoms with E-state index in [2.05, 4.69) is 10.2 Å². The van der Waals surface area contributed by atoms with Crippen LogP contribution in [-0.4, -0.2) is 46.3 Å². The minimum Gasteiger partial charge on any atom is -0.507 e. The molecular weight excluding hydrogens is 323 g/mol. The lowest BCUT2D eigenvalue weighted by Gasteiger charge is -2.24. The molecule has 0 saturated carbocycles. The van der Waals surface area contributed by atoms with Crippen molar-refractivity contribution in [3.05, 3.63) is 65.5 Å². The van der Waals surface area contributed by atoms with Crippen LogP contribution in [0.15, 0.2) is 48.5 Å². The van der Waals surface area contributed by atoms with E-state index in [9.17, 15) is 19.4 Å². The third-order valence-corrected chi connectivity index (χ3v) is 4.45. The summed E-state index contributed by atoms with van der Waals surface area (Å²) in [5.41, 5.74) is 0.773. The van der Waals surface area contributed by atoms with Gasteiger partial charge >= 0.3 is 0 Å². The summed E-state index contributed by atoms with van der Waals surface area (Å²) >= 11 is 0. The summed E-state index contributed by atoms with van der Waals surface area (Å²) in [5, 5.41) is 22.3. The number of phenolic OH excluding ortho intramolecular Hbond substituents is 1. The maximum Gasteiger partial charge on any atom is 0.258 e. The normalized spacial score (nSPS) is 20.6. The number of nitrogens with zero attached hydrogens (tertiary/aromatic N) is 1. The van der Waals surface area contributed by atoms with Crippen LogP contribution >= 0.6 is 0 Å². The maximum absolute atomic E-state index is 13.8. The van der Waals surface area contributed by atoms with Crippen LogP contribution in [0.25, 0.3) is 0 Å². The van der Waals surface area contributed by atoms with Gasteiger partial charge in [0.25, 0.3) is 5.91 Å². The van der Waals surface area contributed by atoms with Crippen molar-refractivity contribution in [2.75, 3.05) is 13.1 Å². The zero-order chi connectivity index (χ0) is 17.8. The van der Waals surface area contributed by atoms with Crippen molar-refractivity contribution in [2.45, 2.75) is 25.1 Å². The Hall–Kier alpha value is -2.44. The molecule has 1 aliphatic heterocycles. The molecule has 1 fully saturated rings. The van der Waals surface area contributed by atoms with E-state index in [1.165, 1.54) is 12.1 Å². The summed E-state index contributed by atoms with van der Waals surface area (Å²) in [6.45, 7) is 1.47. The number of aliphatic hydroxyl groups is 1. The molecule has 3 rings (SSSR count). The molecule has 0 radical (unpaired) electrons. The Bertz CT molecular complexity index is 718. The van der Waals surface area contributed by atoms with Gasteiger partial charge in [-0.2, -0.15) is 0 Å². The van der Waals surface area contributed by atoms with Gasteiger partial charge in [0, 0.05) is 25.7 Å². The van der Waals surface area contributed by atoms with Crippen LogP contribution in [0.5, 0.6) is 5.75 Å². The lowest BCUT2D eigenvalue weighted by atomic mass is 10.1. The topological polar surface area (TPSA) is 72.8 Å². The molecule has 1 heterocycles. The number of β-amino-alcohol motifs (C(OH)–C–C–N with tert-alkyl or cyclic N) is 1. The number of rotatable bonds is 5. The number of hydrogen-bond donors (Lipinski definition) is 3. The van der Waals surface area contributed by atoms with Gasteiger partial charge in [0.1, 0.15) is 17.1 Å². The van der Waals surface area contributed by atoms with Gasteiger partial charge in [0.05, 0.1) is 6.10 Å². The molecule has 0 unspecified atom stereocenters. The maximum atomic E-state index is 13.8. The van der Waals surface area contributed by atoms with Crippen molar-refractivity contribution in [1.29, 1.82) is 0 Å². The molecule has 5 nitrogen and oxygen atoms in total. The minimum atomic E-state index is -0.759. The Balaban J connectivity index is 1.64. The van der Waals surface area contributed by atoms with Crippen LogP contribution in [0.2, 0.25) is 0 Å². The standard InChI is InChI=1S/C19H21FN2O3/c20-16-7-4-8-17(24)18(16)19(25)21-10-14-9-15(23)12-22(14)11-13-5-2-1-3-6-13/h1-8,14-15,23-24H,9-12H2,(H,21,25)/t14-,15-/m0/s1. The van der Waals surface area contributed by atoms with Crippen molar-refractivity contribution < 1.29 is 19.4 Å². The molecule has 0 spiro atoms. The number of hydrogen-bond acceptors (Lipinski definition) is 4. The Morgan fingerprint density at radius 3 is 2.68 bits per heavy atom. The number of carbonyl (C=O) groups is 1. The fraction of sp³-hybridized carbons (Fsp3) is 0.316. The van der Waals surface area contributed by atoms with Gasteiger partial charge < -0.3 is 15.5 Å².